The summed E-state index contributed by atoms with van der Waals surface area (Å²) in [6.07, 6.45) is 2.12. The van der Waals surface area contributed by atoms with Crippen LogP contribution in [0.3, 0.4) is 0 Å². The van der Waals surface area contributed by atoms with Crippen molar-refractivity contribution in [2.45, 2.75) is 12.3 Å². The van der Waals surface area contributed by atoms with Gasteiger partial charge in [-0.2, -0.15) is 5.10 Å². The second kappa shape index (κ2) is 5.90. The van der Waals surface area contributed by atoms with Gasteiger partial charge < -0.3 is 11.1 Å². The van der Waals surface area contributed by atoms with Crippen molar-refractivity contribution in [2.24, 2.45) is 5.73 Å². The first-order chi connectivity index (χ1) is 12.1. The minimum Gasteiger partial charge on any atom is -0.366 e. The van der Waals surface area contributed by atoms with E-state index in [0.29, 0.717) is 17.8 Å². The van der Waals surface area contributed by atoms with E-state index < -0.39 is 5.91 Å². The van der Waals surface area contributed by atoms with Gasteiger partial charge in [0.25, 0.3) is 0 Å². The van der Waals surface area contributed by atoms with Gasteiger partial charge in [0.15, 0.2) is 0 Å². The van der Waals surface area contributed by atoms with E-state index in [2.05, 4.69) is 10.4 Å². The van der Waals surface area contributed by atoms with Crippen LogP contribution in [0.2, 0.25) is 0 Å². The summed E-state index contributed by atoms with van der Waals surface area (Å²) < 4.78 is 1.73. The zero-order chi connectivity index (χ0) is 17.4. The van der Waals surface area contributed by atoms with Crippen molar-refractivity contribution in [1.82, 2.24) is 9.78 Å². The number of primary amides is 1. The predicted molar refractivity (Wildman–Crippen MR) is 93.6 cm³/mol. The number of nitrogens with two attached hydrogens (primary N) is 1. The SMILES string of the molecule is NC(=O)c1ccc(C2CC(=O)Nc3c2cnn3-c2ccccc2)cc1. The van der Waals surface area contributed by atoms with E-state index in [9.17, 15) is 9.59 Å². The molecule has 0 saturated heterocycles. The Bertz CT molecular complexity index is 945. The topological polar surface area (TPSA) is 90.0 Å². The molecule has 0 fully saturated rings. The zero-order valence-corrected chi connectivity index (χ0v) is 13.3. The van der Waals surface area contributed by atoms with Crippen LogP contribution in [-0.4, -0.2) is 21.6 Å². The number of amides is 2. The van der Waals surface area contributed by atoms with Gasteiger partial charge in [-0.1, -0.05) is 30.3 Å². The van der Waals surface area contributed by atoms with Gasteiger partial charge >= 0.3 is 0 Å². The van der Waals surface area contributed by atoms with Crippen LogP contribution in [0.25, 0.3) is 5.69 Å². The third-order valence-electron chi connectivity index (χ3n) is 4.42. The van der Waals surface area contributed by atoms with Crippen LogP contribution in [0, 0.1) is 0 Å². The van der Waals surface area contributed by atoms with Gasteiger partial charge in [0.2, 0.25) is 11.8 Å². The highest BCUT2D eigenvalue weighted by Gasteiger charge is 2.30. The standard InChI is InChI=1S/C19H16N4O2/c20-18(25)13-8-6-12(7-9-13)15-10-17(24)22-19-16(15)11-21-23(19)14-4-2-1-3-5-14/h1-9,11,15H,10H2,(H2,20,25)(H,22,24). The maximum atomic E-state index is 12.2. The second-order valence-corrected chi connectivity index (χ2v) is 5.99. The number of hydrogen-bond acceptors (Lipinski definition) is 3. The number of hydrogen-bond donors (Lipinski definition) is 2. The maximum Gasteiger partial charge on any atom is 0.248 e. The molecule has 0 saturated carbocycles. The van der Waals surface area contributed by atoms with E-state index in [1.54, 1.807) is 23.0 Å². The monoisotopic (exact) mass is 332 g/mol. The van der Waals surface area contributed by atoms with Crippen molar-refractivity contribution in [3.8, 4) is 5.69 Å². The number of rotatable bonds is 3. The van der Waals surface area contributed by atoms with Crippen molar-refractivity contribution < 1.29 is 9.59 Å². The summed E-state index contributed by atoms with van der Waals surface area (Å²) in [6.45, 7) is 0. The highest BCUT2D eigenvalue weighted by atomic mass is 16.2. The lowest BCUT2D eigenvalue weighted by Gasteiger charge is -2.24. The Balaban J connectivity index is 1.77. The lowest BCUT2D eigenvalue weighted by molar-refractivity contribution is -0.116. The second-order valence-electron chi connectivity index (χ2n) is 5.99. The van der Waals surface area contributed by atoms with Crippen LogP contribution in [0.5, 0.6) is 0 Å². The van der Waals surface area contributed by atoms with E-state index in [0.717, 1.165) is 16.8 Å². The molecule has 3 aromatic rings. The number of nitrogens with zero attached hydrogens (tertiary/aromatic N) is 2. The lowest BCUT2D eigenvalue weighted by atomic mass is 9.87. The minimum atomic E-state index is -0.467. The molecule has 4 rings (SSSR count). The van der Waals surface area contributed by atoms with Crippen LogP contribution in [-0.2, 0) is 4.79 Å². The third-order valence-corrected chi connectivity index (χ3v) is 4.42. The van der Waals surface area contributed by atoms with Gasteiger partial charge in [-0.3, -0.25) is 9.59 Å². The first-order valence-corrected chi connectivity index (χ1v) is 7.96. The number of para-hydroxylation sites is 1. The molecule has 6 nitrogen and oxygen atoms in total. The molecule has 1 aromatic heterocycles. The molecule has 2 aromatic carbocycles. The molecule has 6 heteroatoms. The van der Waals surface area contributed by atoms with Crippen molar-refractivity contribution >= 4 is 17.6 Å². The summed E-state index contributed by atoms with van der Waals surface area (Å²) in [5.41, 5.74) is 8.53. The van der Waals surface area contributed by atoms with E-state index in [4.69, 9.17) is 5.73 Å². The number of aromatic nitrogens is 2. The number of carbonyl (C=O) groups excluding carboxylic acids is 2. The molecule has 3 N–H and O–H groups in total. The fourth-order valence-corrected chi connectivity index (χ4v) is 3.16. The predicted octanol–water partition coefficient (Wildman–Crippen LogP) is 2.45. The molecule has 1 aliphatic rings. The first-order valence-electron chi connectivity index (χ1n) is 7.96. The van der Waals surface area contributed by atoms with Crippen molar-refractivity contribution in [2.75, 3.05) is 5.32 Å². The molecule has 0 radical (unpaired) electrons. The zero-order valence-electron chi connectivity index (χ0n) is 13.3. The van der Waals surface area contributed by atoms with E-state index in [1.165, 1.54) is 0 Å². The molecule has 0 aliphatic carbocycles. The normalized spacial score (nSPS) is 16.2. The van der Waals surface area contributed by atoms with Gasteiger partial charge in [-0.05, 0) is 29.8 Å². The number of fused-ring (bicyclic) bond motifs is 1. The van der Waals surface area contributed by atoms with Gasteiger partial charge in [0.05, 0.1) is 11.9 Å². The summed E-state index contributed by atoms with van der Waals surface area (Å²) in [6, 6.07) is 16.7. The Labute approximate surface area is 144 Å². The Kier molecular flexibility index (Phi) is 3.57. The molecule has 0 spiro atoms. The van der Waals surface area contributed by atoms with Gasteiger partial charge in [0.1, 0.15) is 5.82 Å². The van der Waals surface area contributed by atoms with Crippen molar-refractivity contribution in [3.05, 3.63) is 77.5 Å². The third kappa shape index (κ3) is 2.67. The first kappa shape index (κ1) is 15.1. The summed E-state index contributed by atoms with van der Waals surface area (Å²) >= 11 is 0. The number of nitrogens with one attached hydrogen (secondary N) is 1. The molecule has 2 amide bonds. The Morgan fingerprint density at radius 1 is 1.12 bits per heavy atom. The van der Waals surface area contributed by atoms with Crippen LogP contribution in [0.4, 0.5) is 5.82 Å². The Hall–Kier alpha value is -3.41. The van der Waals surface area contributed by atoms with Crippen LogP contribution in [0.15, 0.2) is 60.8 Å². The van der Waals surface area contributed by atoms with E-state index >= 15 is 0 Å². The molecule has 124 valence electrons. The summed E-state index contributed by atoms with van der Waals surface area (Å²) in [5.74, 6) is 0.0502. The summed E-state index contributed by atoms with van der Waals surface area (Å²) in [7, 11) is 0. The van der Waals surface area contributed by atoms with Crippen molar-refractivity contribution in [3.63, 3.8) is 0 Å². The number of benzene rings is 2. The van der Waals surface area contributed by atoms with Gasteiger partial charge in [-0.15, -0.1) is 0 Å². The molecule has 0 bridgehead atoms. The minimum absolute atomic E-state index is 0.0610. The molecular weight excluding hydrogens is 316 g/mol. The average Bonchev–Trinajstić information content (AvgIpc) is 3.05. The van der Waals surface area contributed by atoms with Crippen LogP contribution < -0.4 is 11.1 Å². The highest BCUT2D eigenvalue weighted by Crippen LogP contribution is 2.37. The Morgan fingerprint density at radius 3 is 2.52 bits per heavy atom. The average molecular weight is 332 g/mol. The molecule has 1 unspecified atom stereocenters. The fraction of sp³-hybridized carbons (Fsp3) is 0.105. The largest absolute Gasteiger partial charge is 0.366 e. The van der Waals surface area contributed by atoms with Gasteiger partial charge in [-0.25, -0.2) is 4.68 Å². The highest BCUT2D eigenvalue weighted by molar-refractivity contribution is 5.95. The smallest absolute Gasteiger partial charge is 0.248 e. The summed E-state index contributed by atoms with van der Waals surface area (Å²) in [4.78, 5) is 23.5. The van der Waals surface area contributed by atoms with Crippen molar-refractivity contribution in [1.29, 1.82) is 0 Å². The molecule has 1 atom stereocenters. The maximum absolute atomic E-state index is 12.2. The van der Waals surface area contributed by atoms with Crippen LogP contribution in [0.1, 0.15) is 33.8 Å². The van der Waals surface area contributed by atoms with Crippen LogP contribution >= 0.6 is 0 Å². The lowest BCUT2D eigenvalue weighted by Crippen LogP contribution is -2.24. The molecule has 1 aliphatic heterocycles. The summed E-state index contributed by atoms with van der Waals surface area (Å²) in [5, 5.41) is 7.38. The Morgan fingerprint density at radius 2 is 1.84 bits per heavy atom. The van der Waals surface area contributed by atoms with Gasteiger partial charge in [0, 0.05) is 23.5 Å². The van der Waals surface area contributed by atoms with E-state index in [1.807, 2.05) is 42.5 Å². The molecule has 2 heterocycles. The number of carbonyl (C=O) groups is 2. The molecule has 25 heavy (non-hydrogen) atoms. The molecular formula is C19H16N4O2. The fourth-order valence-electron chi connectivity index (χ4n) is 3.16. The van der Waals surface area contributed by atoms with E-state index in [-0.39, 0.29) is 11.8 Å². The quantitative estimate of drug-likeness (QED) is 0.772. The number of anilines is 1.